The lowest BCUT2D eigenvalue weighted by Gasteiger charge is -2.17. The molecule has 0 aliphatic heterocycles. The van der Waals surface area contributed by atoms with Crippen molar-refractivity contribution in [1.82, 2.24) is 5.32 Å². The molecule has 6 heteroatoms. The van der Waals surface area contributed by atoms with Gasteiger partial charge in [0.1, 0.15) is 11.6 Å². The van der Waals surface area contributed by atoms with E-state index in [-0.39, 0.29) is 17.5 Å². The molecular formula is C16H17FN2O3. The highest BCUT2D eigenvalue weighted by atomic mass is 19.1. The topological polar surface area (TPSA) is 64.4 Å². The van der Waals surface area contributed by atoms with Crippen LogP contribution in [0.15, 0.2) is 42.5 Å². The molecule has 2 aromatic rings. The van der Waals surface area contributed by atoms with E-state index in [0.717, 1.165) is 0 Å². The van der Waals surface area contributed by atoms with Crippen LogP contribution in [0, 0.1) is 15.9 Å². The van der Waals surface area contributed by atoms with Crippen LogP contribution >= 0.6 is 0 Å². The van der Waals surface area contributed by atoms with Gasteiger partial charge in [0.2, 0.25) is 0 Å². The quantitative estimate of drug-likeness (QED) is 0.654. The number of nitrogens with zero attached hydrogens (tertiary/aromatic N) is 1. The monoisotopic (exact) mass is 304 g/mol. The first kappa shape index (κ1) is 15.9. The van der Waals surface area contributed by atoms with Gasteiger partial charge < -0.3 is 10.1 Å². The Bertz CT molecular complexity index is 676. The van der Waals surface area contributed by atoms with E-state index < -0.39 is 4.92 Å². The van der Waals surface area contributed by atoms with Crippen molar-refractivity contribution in [2.45, 2.75) is 19.5 Å². The lowest BCUT2D eigenvalue weighted by atomic mass is 10.1. The van der Waals surface area contributed by atoms with E-state index in [2.05, 4.69) is 5.32 Å². The van der Waals surface area contributed by atoms with Crippen molar-refractivity contribution in [1.29, 1.82) is 0 Å². The number of ether oxygens (including phenoxy) is 1. The molecule has 0 fully saturated rings. The van der Waals surface area contributed by atoms with E-state index >= 15 is 0 Å². The van der Waals surface area contributed by atoms with Gasteiger partial charge in [0, 0.05) is 29.8 Å². The molecule has 22 heavy (non-hydrogen) atoms. The first-order valence-electron chi connectivity index (χ1n) is 6.82. The Labute approximate surface area is 127 Å². The molecule has 1 unspecified atom stereocenters. The summed E-state index contributed by atoms with van der Waals surface area (Å²) in [4.78, 5) is 10.6. The molecule has 0 bridgehead atoms. The van der Waals surface area contributed by atoms with Gasteiger partial charge >= 0.3 is 0 Å². The van der Waals surface area contributed by atoms with Crippen LogP contribution in [0.4, 0.5) is 10.1 Å². The standard InChI is InChI=1S/C16H17FN2O3/c1-11(14-9-13(17)7-8-16(14)22-2)18-10-12-5-3-4-6-15(12)19(20)21/h3-9,11,18H,10H2,1-2H3. The van der Waals surface area contributed by atoms with E-state index in [1.54, 1.807) is 24.3 Å². The molecule has 0 radical (unpaired) electrons. The fourth-order valence-electron chi connectivity index (χ4n) is 2.26. The molecule has 0 aliphatic rings. The maximum absolute atomic E-state index is 13.4. The minimum atomic E-state index is -0.412. The lowest BCUT2D eigenvalue weighted by Crippen LogP contribution is -2.19. The molecule has 0 heterocycles. The van der Waals surface area contributed by atoms with Gasteiger partial charge in [-0.1, -0.05) is 18.2 Å². The number of nitro benzene ring substituents is 1. The van der Waals surface area contributed by atoms with Crippen LogP contribution < -0.4 is 10.1 Å². The summed E-state index contributed by atoms with van der Waals surface area (Å²) in [5.74, 6) is 0.221. The second kappa shape index (κ2) is 7.00. The summed E-state index contributed by atoms with van der Waals surface area (Å²) in [6.45, 7) is 2.16. The number of halogens is 1. The molecule has 0 aliphatic carbocycles. The number of para-hydroxylation sites is 1. The Kier molecular flexibility index (Phi) is 5.06. The van der Waals surface area contributed by atoms with Crippen LogP contribution in [0.3, 0.4) is 0 Å². The van der Waals surface area contributed by atoms with Crippen LogP contribution in [0.2, 0.25) is 0 Å². The predicted octanol–water partition coefficient (Wildman–Crippen LogP) is 3.59. The van der Waals surface area contributed by atoms with Crippen molar-refractivity contribution in [2.75, 3.05) is 7.11 Å². The maximum Gasteiger partial charge on any atom is 0.273 e. The molecule has 0 spiro atoms. The zero-order valence-electron chi connectivity index (χ0n) is 12.4. The average molecular weight is 304 g/mol. The zero-order valence-corrected chi connectivity index (χ0v) is 12.4. The summed E-state index contributed by atoms with van der Waals surface area (Å²) >= 11 is 0. The molecule has 5 nitrogen and oxygen atoms in total. The van der Waals surface area contributed by atoms with Crippen molar-refractivity contribution in [3.05, 3.63) is 69.5 Å². The van der Waals surface area contributed by atoms with Crippen molar-refractivity contribution in [2.24, 2.45) is 0 Å². The summed E-state index contributed by atoms with van der Waals surface area (Å²) in [7, 11) is 1.52. The number of nitrogens with one attached hydrogen (secondary N) is 1. The summed E-state index contributed by atoms with van der Waals surface area (Å²) < 4.78 is 18.6. The molecule has 0 amide bonds. The third-order valence-electron chi connectivity index (χ3n) is 3.45. The van der Waals surface area contributed by atoms with E-state index in [9.17, 15) is 14.5 Å². The molecule has 2 rings (SSSR count). The van der Waals surface area contributed by atoms with Gasteiger partial charge in [0.05, 0.1) is 12.0 Å². The largest absolute Gasteiger partial charge is 0.496 e. The number of hydrogen-bond acceptors (Lipinski definition) is 4. The summed E-state index contributed by atoms with van der Waals surface area (Å²) in [5, 5.41) is 14.2. The lowest BCUT2D eigenvalue weighted by molar-refractivity contribution is -0.385. The molecule has 1 N–H and O–H groups in total. The Morgan fingerprint density at radius 3 is 2.73 bits per heavy atom. The molecule has 116 valence electrons. The van der Waals surface area contributed by atoms with E-state index in [1.807, 2.05) is 6.92 Å². The van der Waals surface area contributed by atoms with Crippen LogP contribution in [-0.2, 0) is 6.54 Å². The van der Waals surface area contributed by atoms with E-state index in [0.29, 0.717) is 23.4 Å². The number of methoxy groups -OCH3 is 1. The summed E-state index contributed by atoms with van der Waals surface area (Å²) in [6, 6.07) is 10.6. The van der Waals surface area contributed by atoms with Gasteiger partial charge in [0.25, 0.3) is 5.69 Å². The van der Waals surface area contributed by atoms with E-state index in [4.69, 9.17) is 4.74 Å². The zero-order chi connectivity index (χ0) is 16.1. The minimum absolute atomic E-state index is 0.0633. The van der Waals surface area contributed by atoms with Crippen LogP contribution in [-0.4, -0.2) is 12.0 Å². The number of nitro groups is 1. The fourth-order valence-corrected chi connectivity index (χ4v) is 2.26. The summed E-state index contributed by atoms with van der Waals surface area (Å²) in [5.41, 5.74) is 1.31. The maximum atomic E-state index is 13.4. The Hall–Kier alpha value is -2.47. The minimum Gasteiger partial charge on any atom is -0.496 e. The number of rotatable bonds is 6. The first-order valence-corrected chi connectivity index (χ1v) is 6.82. The van der Waals surface area contributed by atoms with Gasteiger partial charge in [-0.25, -0.2) is 4.39 Å². The molecule has 0 saturated carbocycles. The highest BCUT2D eigenvalue weighted by Crippen LogP contribution is 2.26. The third-order valence-corrected chi connectivity index (χ3v) is 3.45. The SMILES string of the molecule is COc1ccc(F)cc1C(C)NCc1ccccc1[N+](=O)[O-]. The van der Waals surface area contributed by atoms with Gasteiger partial charge in [-0.2, -0.15) is 0 Å². The average Bonchev–Trinajstić information content (AvgIpc) is 2.52. The van der Waals surface area contributed by atoms with Crippen molar-refractivity contribution >= 4 is 5.69 Å². The molecule has 1 atom stereocenters. The van der Waals surface area contributed by atoms with Gasteiger partial charge in [0.15, 0.2) is 0 Å². The van der Waals surface area contributed by atoms with Crippen molar-refractivity contribution in [3.8, 4) is 5.75 Å². The highest BCUT2D eigenvalue weighted by Gasteiger charge is 2.16. The first-order chi connectivity index (χ1) is 10.5. The predicted molar refractivity (Wildman–Crippen MR) is 81.3 cm³/mol. The van der Waals surface area contributed by atoms with Gasteiger partial charge in [-0.05, 0) is 25.1 Å². The van der Waals surface area contributed by atoms with E-state index in [1.165, 1.54) is 25.3 Å². The molecule has 0 saturated heterocycles. The Morgan fingerprint density at radius 2 is 2.05 bits per heavy atom. The second-order valence-corrected chi connectivity index (χ2v) is 4.87. The number of hydrogen-bond donors (Lipinski definition) is 1. The summed E-state index contributed by atoms with van der Waals surface area (Å²) in [6.07, 6.45) is 0. The fraction of sp³-hybridized carbons (Fsp3) is 0.250. The smallest absolute Gasteiger partial charge is 0.273 e. The van der Waals surface area contributed by atoms with Crippen LogP contribution in [0.5, 0.6) is 5.75 Å². The van der Waals surface area contributed by atoms with Gasteiger partial charge in [-0.3, -0.25) is 10.1 Å². The van der Waals surface area contributed by atoms with Crippen LogP contribution in [0.1, 0.15) is 24.1 Å². The Morgan fingerprint density at radius 1 is 1.32 bits per heavy atom. The highest BCUT2D eigenvalue weighted by molar-refractivity contribution is 5.40. The van der Waals surface area contributed by atoms with Crippen LogP contribution in [0.25, 0.3) is 0 Å². The third kappa shape index (κ3) is 3.59. The molecular weight excluding hydrogens is 287 g/mol. The van der Waals surface area contributed by atoms with Crippen molar-refractivity contribution in [3.63, 3.8) is 0 Å². The second-order valence-electron chi connectivity index (χ2n) is 4.87. The Balaban J connectivity index is 2.15. The normalized spacial score (nSPS) is 12.0. The molecule has 2 aromatic carbocycles. The van der Waals surface area contributed by atoms with Crippen molar-refractivity contribution < 1.29 is 14.1 Å². The van der Waals surface area contributed by atoms with Gasteiger partial charge in [-0.15, -0.1) is 0 Å². The molecule has 0 aromatic heterocycles. The number of benzene rings is 2.